The third-order valence-electron chi connectivity index (χ3n) is 4.15. The summed E-state index contributed by atoms with van der Waals surface area (Å²) >= 11 is 1.05. The lowest BCUT2D eigenvalue weighted by Crippen LogP contribution is -2.16. The van der Waals surface area contributed by atoms with Crippen LogP contribution in [0.5, 0.6) is 0 Å². The van der Waals surface area contributed by atoms with E-state index < -0.39 is 15.7 Å². The summed E-state index contributed by atoms with van der Waals surface area (Å²) in [6.07, 6.45) is 1.89. The minimum absolute atomic E-state index is 0.00354. The van der Waals surface area contributed by atoms with E-state index in [4.69, 9.17) is 0 Å². The normalized spacial score (nSPS) is 11.9. The first-order chi connectivity index (χ1) is 14.1. The van der Waals surface area contributed by atoms with Crippen molar-refractivity contribution in [2.45, 2.75) is 23.9 Å². The van der Waals surface area contributed by atoms with Crippen molar-refractivity contribution in [3.63, 3.8) is 0 Å². The Kier molecular flexibility index (Phi) is 6.50. The number of amides is 1. The van der Waals surface area contributed by atoms with E-state index in [2.05, 4.69) is 14.4 Å². The molecule has 6 nitrogen and oxygen atoms in total. The Morgan fingerprint density at radius 1 is 1.17 bits per heavy atom. The summed E-state index contributed by atoms with van der Waals surface area (Å²) in [5.74, 6) is -0.344. The van der Waals surface area contributed by atoms with Gasteiger partial charge in [0.1, 0.15) is 4.88 Å². The van der Waals surface area contributed by atoms with E-state index in [9.17, 15) is 22.0 Å². The maximum absolute atomic E-state index is 13.5. The third kappa shape index (κ3) is 5.19. The summed E-state index contributed by atoms with van der Waals surface area (Å²) in [6.45, 7) is 1.78. The third-order valence-corrected chi connectivity index (χ3v) is 6.71. The molecule has 2 aromatic carbocycles. The van der Waals surface area contributed by atoms with Gasteiger partial charge >= 0.3 is 0 Å². The van der Waals surface area contributed by atoms with Gasteiger partial charge in [0, 0.05) is 23.1 Å². The standard InChI is InChI=1S/C19H18F2N3O3PS2/c1-2-12-10-14(23-18(25)16-8-9-22-29-16)6-7-17(12)30(26,27)24-15-5-3-4-13(11-15)19(20,21)28/h3-11,24H,2,28H2,1H3,(H,23,25). The lowest BCUT2D eigenvalue weighted by atomic mass is 10.1. The Morgan fingerprint density at radius 3 is 2.57 bits per heavy atom. The Labute approximate surface area is 179 Å². The monoisotopic (exact) mass is 469 g/mol. The zero-order valence-corrected chi connectivity index (χ0v) is 18.5. The van der Waals surface area contributed by atoms with Crippen molar-refractivity contribution in [1.82, 2.24) is 4.37 Å². The summed E-state index contributed by atoms with van der Waals surface area (Å²) in [5, 5.41) is 2.70. The minimum Gasteiger partial charge on any atom is -0.321 e. The largest absolute Gasteiger partial charge is 0.321 e. The highest BCUT2D eigenvalue weighted by atomic mass is 32.2. The van der Waals surface area contributed by atoms with Crippen LogP contribution >= 0.6 is 20.8 Å². The lowest BCUT2D eigenvalue weighted by molar-refractivity contribution is 0.102. The number of rotatable bonds is 7. The number of aromatic nitrogens is 1. The molecule has 30 heavy (non-hydrogen) atoms. The van der Waals surface area contributed by atoms with Gasteiger partial charge in [-0.25, -0.2) is 12.8 Å². The topological polar surface area (TPSA) is 88.2 Å². The molecule has 1 aromatic heterocycles. The Hall–Kier alpha value is -2.42. The lowest BCUT2D eigenvalue weighted by Gasteiger charge is -2.15. The number of hydrogen-bond donors (Lipinski definition) is 2. The molecule has 1 atom stereocenters. The molecule has 1 heterocycles. The summed E-state index contributed by atoms with van der Waals surface area (Å²) in [4.78, 5) is 12.6. The number of halogens is 2. The van der Waals surface area contributed by atoms with Crippen LogP contribution in [0, 0.1) is 0 Å². The van der Waals surface area contributed by atoms with Crippen LogP contribution in [0.2, 0.25) is 0 Å². The number of nitrogens with zero attached hydrogens (tertiary/aromatic N) is 1. The molecule has 0 saturated heterocycles. The first-order valence-electron chi connectivity index (χ1n) is 8.75. The number of nitrogens with one attached hydrogen (secondary N) is 2. The highest BCUT2D eigenvalue weighted by Crippen LogP contribution is 2.36. The molecule has 0 saturated carbocycles. The van der Waals surface area contributed by atoms with E-state index in [1.165, 1.54) is 45.8 Å². The van der Waals surface area contributed by atoms with Crippen LogP contribution in [0.25, 0.3) is 0 Å². The van der Waals surface area contributed by atoms with E-state index in [0.29, 0.717) is 22.5 Å². The first kappa shape index (κ1) is 22.3. The van der Waals surface area contributed by atoms with Gasteiger partial charge in [0.2, 0.25) is 0 Å². The van der Waals surface area contributed by atoms with Crippen molar-refractivity contribution in [2.75, 3.05) is 10.0 Å². The molecule has 0 spiro atoms. The molecule has 3 aromatic rings. The van der Waals surface area contributed by atoms with E-state index in [1.807, 2.05) is 0 Å². The highest BCUT2D eigenvalue weighted by Gasteiger charge is 2.25. The molecule has 0 fully saturated rings. The van der Waals surface area contributed by atoms with E-state index in [1.54, 1.807) is 19.1 Å². The number of aryl methyl sites for hydroxylation is 1. The van der Waals surface area contributed by atoms with Gasteiger partial charge in [-0.2, -0.15) is 8.78 Å². The smallest absolute Gasteiger partial charge is 0.283 e. The van der Waals surface area contributed by atoms with Crippen molar-refractivity contribution in [3.05, 3.63) is 70.7 Å². The van der Waals surface area contributed by atoms with Crippen LogP contribution < -0.4 is 10.0 Å². The predicted molar refractivity (Wildman–Crippen MR) is 117 cm³/mol. The number of alkyl halides is 2. The van der Waals surface area contributed by atoms with Crippen molar-refractivity contribution >= 4 is 48.1 Å². The quantitative estimate of drug-likeness (QED) is 0.492. The molecule has 0 aliphatic rings. The molecular formula is C19H18F2N3O3PS2. The summed E-state index contributed by atoms with van der Waals surface area (Å²) in [5.41, 5.74) is -2.57. The van der Waals surface area contributed by atoms with Gasteiger partial charge < -0.3 is 5.32 Å². The predicted octanol–water partition coefficient (Wildman–Crippen LogP) is 4.68. The molecule has 2 N–H and O–H groups in total. The Bertz CT molecular complexity index is 1160. The number of carbonyl (C=O) groups is 1. The van der Waals surface area contributed by atoms with Crippen LogP contribution in [0.4, 0.5) is 20.2 Å². The van der Waals surface area contributed by atoms with Gasteiger partial charge in [-0.05, 0) is 59.9 Å². The molecule has 0 aliphatic carbocycles. The molecule has 0 radical (unpaired) electrons. The molecule has 0 bridgehead atoms. The fourth-order valence-corrected chi connectivity index (χ4v) is 4.73. The molecule has 3 rings (SSSR count). The van der Waals surface area contributed by atoms with Crippen LogP contribution in [-0.4, -0.2) is 18.7 Å². The van der Waals surface area contributed by atoms with E-state index >= 15 is 0 Å². The van der Waals surface area contributed by atoms with Crippen LogP contribution in [-0.2, 0) is 22.1 Å². The second kappa shape index (κ2) is 8.75. The van der Waals surface area contributed by atoms with E-state index in [-0.39, 0.29) is 22.1 Å². The second-order valence-corrected chi connectivity index (χ2v) is 9.53. The summed E-state index contributed by atoms with van der Waals surface area (Å²) < 4.78 is 59.0. The number of carbonyl (C=O) groups excluding carboxylic acids is 1. The summed E-state index contributed by atoms with van der Waals surface area (Å²) in [6, 6.07) is 11.0. The second-order valence-electron chi connectivity index (χ2n) is 6.32. The average molecular weight is 469 g/mol. The minimum atomic E-state index is -4.03. The van der Waals surface area contributed by atoms with Crippen LogP contribution in [0.15, 0.2) is 59.6 Å². The van der Waals surface area contributed by atoms with Gasteiger partial charge in [-0.3, -0.25) is 9.52 Å². The van der Waals surface area contributed by atoms with Crippen molar-refractivity contribution in [2.24, 2.45) is 0 Å². The Balaban J connectivity index is 1.86. The summed E-state index contributed by atoms with van der Waals surface area (Å²) in [7, 11) is -2.61. The van der Waals surface area contributed by atoms with Crippen molar-refractivity contribution in [1.29, 1.82) is 0 Å². The van der Waals surface area contributed by atoms with Crippen LogP contribution in [0.1, 0.15) is 27.7 Å². The molecule has 0 aliphatic heterocycles. The average Bonchev–Trinajstić information content (AvgIpc) is 3.22. The van der Waals surface area contributed by atoms with E-state index in [0.717, 1.165) is 17.6 Å². The molecular weight excluding hydrogens is 451 g/mol. The van der Waals surface area contributed by atoms with Gasteiger partial charge in [0.25, 0.3) is 21.6 Å². The molecule has 158 valence electrons. The fourth-order valence-electron chi connectivity index (χ4n) is 2.72. The zero-order valence-electron chi connectivity index (χ0n) is 15.7. The number of sulfonamides is 1. The first-order valence-corrected chi connectivity index (χ1v) is 11.6. The maximum Gasteiger partial charge on any atom is 0.283 e. The molecule has 1 amide bonds. The van der Waals surface area contributed by atoms with Gasteiger partial charge in [0.15, 0.2) is 0 Å². The number of hydrogen-bond acceptors (Lipinski definition) is 5. The van der Waals surface area contributed by atoms with Gasteiger partial charge in [-0.1, -0.05) is 28.3 Å². The number of anilines is 2. The Morgan fingerprint density at radius 2 is 1.93 bits per heavy atom. The van der Waals surface area contributed by atoms with Crippen molar-refractivity contribution in [3.8, 4) is 0 Å². The zero-order chi connectivity index (χ0) is 21.9. The SMILES string of the molecule is CCc1cc(NC(=O)c2ccns2)ccc1S(=O)(=O)Nc1cccc(C(F)(F)P)c1. The van der Waals surface area contributed by atoms with Crippen molar-refractivity contribution < 1.29 is 22.0 Å². The van der Waals surface area contributed by atoms with Gasteiger partial charge in [0.05, 0.1) is 4.90 Å². The molecule has 1 unspecified atom stereocenters. The van der Waals surface area contributed by atoms with Crippen LogP contribution in [0.3, 0.4) is 0 Å². The molecule has 11 heteroatoms. The maximum atomic E-state index is 13.5. The van der Waals surface area contributed by atoms with Gasteiger partial charge in [-0.15, -0.1) is 0 Å². The number of benzene rings is 2. The fraction of sp³-hybridized carbons (Fsp3) is 0.158. The highest BCUT2D eigenvalue weighted by molar-refractivity contribution is 7.92.